The van der Waals surface area contributed by atoms with Gasteiger partial charge in [-0.25, -0.2) is 0 Å². The van der Waals surface area contributed by atoms with Crippen LogP contribution in [0.4, 0.5) is 0 Å². The molecule has 0 aliphatic carbocycles. The number of pyridine rings is 3. The Morgan fingerprint density at radius 3 is 1.40 bits per heavy atom. The third-order valence-corrected chi connectivity index (χ3v) is 13.0. The molecule has 0 saturated heterocycles. The molecule has 3 heterocycles. The van der Waals surface area contributed by atoms with Crippen molar-refractivity contribution in [2.75, 3.05) is 0 Å². The Bertz CT molecular complexity index is 3480. The maximum absolute atomic E-state index is 10.8. The number of aryl methyl sites for hydroxylation is 7. The van der Waals surface area contributed by atoms with Gasteiger partial charge in [-0.1, -0.05) is 133 Å². The molecule has 5 nitrogen and oxygen atoms in total. The largest absolute Gasteiger partial charge is 3.00 e. The van der Waals surface area contributed by atoms with Crippen LogP contribution in [0.1, 0.15) is 50.1 Å². The molecule has 10 rings (SSSR count). The zero-order valence-corrected chi connectivity index (χ0v) is 42.7. The Hall–Kier alpha value is -8.38. The van der Waals surface area contributed by atoms with E-state index in [4.69, 9.17) is 4.98 Å². The minimum absolute atomic E-state index is 0. The molecule has 346 valence electrons. The molecule has 0 unspecified atom stereocenters. The predicted molar refractivity (Wildman–Crippen MR) is 286 cm³/mol. The zero-order chi connectivity index (χ0) is 48.7. The summed E-state index contributed by atoms with van der Waals surface area (Å²) in [6.07, 6.45) is 9.07. The maximum Gasteiger partial charge on any atom is 3.00 e. The summed E-state index contributed by atoms with van der Waals surface area (Å²) in [6, 6.07) is 73.8. The van der Waals surface area contributed by atoms with E-state index in [0.717, 1.165) is 121 Å². The first kappa shape index (κ1) is 48.6. The van der Waals surface area contributed by atoms with Gasteiger partial charge in [-0.15, -0.1) is 94.5 Å². The Labute approximate surface area is 436 Å². The van der Waals surface area contributed by atoms with Gasteiger partial charge in [-0.2, -0.15) is 10.5 Å². The summed E-state index contributed by atoms with van der Waals surface area (Å²) in [6.45, 7) is 6.13. The van der Waals surface area contributed by atoms with Gasteiger partial charge >= 0.3 is 20.1 Å². The van der Waals surface area contributed by atoms with Crippen molar-refractivity contribution in [1.82, 2.24) is 15.0 Å². The number of nitrogens with zero attached hydrogens (tertiary/aromatic N) is 5. The molecule has 10 aromatic rings. The minimum atomic E-state index is 0. The fourth-order valence-corrected chi connectivity index (χ4v) is 9.05. The van der Waals surface area contributed by atoms with Crippen molar-refractivity contribution in [3.63, 3.8) is 0 Å². The van der Waals surface area contributed by atoms with Crippen LogP contribution in [0, 0.1) is 61.6 Å². The monoisotopic (exact) mass is 1100 g/mol. The van der Waals surface area contributed by atoms with Crippen molar-refractivity contribution in [3.8, 4) is 90.4 Å². The van der Waals surface area contributed by atoms with Crippen LogP contribution in [0.15, 0.2) is 188 Å². The van der Waals surface area contributed by atoms with Crippen LogP contribution in [0.25, 0.3) is 78.3 Å². The summed E-state index contributed by atoms with van der Waals surface area (Å²) in [5, 5.41) is 20.2. The van der Waals surface area contributed by atoms with Crippen LogP contribution in [-0.4, -0.2) is 15.0 Å². The number of hydrogen-bond donors (Lipinski definition) is 0. The molecule has 0 atom stereocenters. The number of benzene rings is 7. The molecule has 3 aromatic heterocycles. The first-order valence-electron chi connectivity index (χ1n) is 23.9. The van der Waals surface area contributed by atoms with Gasteiger partial charge in [-0.3, -0.25) is 0 Å². The van der Waals surface area contributed by atoms with Gasteiger partial charge in [-0.05, 0) is 125 Å². The van der Waals surface area contributed by atoms with Crippen LogP contribution in [0.2, 0.25) is 0 Å². The van der Waals surface area contributed by atoms with E-state index in [2.05, 4.69) is 156 Å². The van der Waals surface area contributed by atoms with Gasteiger partial charge in [0.25, 0.3) is 0 Å². The molecule has 6 heteroatoms. The molecule has 0 aliphatic heterocycles. The van der Waals surface area contributed by atoms with E-state index in [1.54, 1.807) is 12.1 Å². The Kier molecular flexibility index (Phi) is 15.0. The molecule has 0 N–H and O–H groups in total. The molecule has 72 heavy (non-hydrogen) atoms. The van der Waals surface area contributed by atoms with Crippen molar-refractivity contribution in [2.24, 2.45) is 0 Å². The molecule has 0 fully saturated rings. The van der Waals surface area contributed by atoms with Crippen LogP contribution >= 0.6 is 0 Å². The van der Waals surface area contributed by atoms with Gasteiger partial charge in [0.15, 0.2) is 0 Å². The number of aromatic nitrogens is 3. The summed E-state index contributed by atoms with van der Waals surface area (Å²) in [5.41, 5.74) is 22.6. The molecule has 0 saturated carbocycles. The van der Waals surface area contributed by atoms with Gasteiger partial charge in [0.05, 0.1) is 23.3 Å². The Morgan fingerprint density at radius 2 is 0.903 bits per heavy atom. The van der Waals surface area contributed by atoms with Gasteiger partial charge in [0.1, 0.15) is 0 Å². The maximum atomic E-state index is 10.8. The molecule has 0 radical (unpaired) electrons. The van der Waals surface area contributed by atoms with E-state index in [1.165, 1.54) is 22.3 Å². The average molecular weight is 1100 g/mol. The fraction of sp³-hybridized carbons (Fsp3) is 0.106. The van der Waals surface area contributed by atoms with Gasteiger partial charge < -0.3 is 15.0 Å². The van der Waals surface area contributed by atoms with Gasteiger partial charge in [0, 0.05) is 18.6 Å². The number of rotatable bonds is 13. The van der Waals surface area contributed by atoms with E-state index in [9.17, 15) is 10.5 Å². The number of hydrogen-bond acceptors (Lipinski definition) is 5. The average Bonchev–Trinajstić information content (AvgIpc) is 3.42. The van der Waals surface area contributed by atoms with Crippen molar-refractivity contribution in [1.29, 1.82) is 10.5 Å². The van der Waals surface area contributed by atoms with E-state index >= 15 is 0 Å². The van der Waals surface area contributed by atoms with E-state index in [0.29, 0.717) is 11.1 Å². The molecule has 7 aromatic carbocycles. The van der Waals surface area contributed by atoms with Crippen molar-refractivity contribution >= 4 is 0 Å². The minimum Gasteiger partial charge on any atom is -0.304 e. The molecular weight excluding hydrogens is 1050 g/mol. The SMILES string of the molecule is Cc1ccc(-c2[c-]cc(CCc3cc(CCc4c[c-]c(-c5ccc(C)cn5)cc4)cc(-c4ccccc4-c4c[c-]c(-c5ccc(C)cn5)cc4-c4ccc(-c5ccc(C#N)cc5)cc4C#N)c3)cc2)nc1.[Ir+3]. The Balaban J connectivity index is 0.00000640. The molecular formula is C66H48IrN5. The van der Waals surface area contributed by atoms with Crippen LogP contribution in [-0.2, 0) is 45.8 Å². The van der Waals surface area contributed by atoms with E-state index < -0.39 is 0 Å². The quantitative estimate of drug-likeness (QED) is 0.107. The smallest absolute Gasteiger partial charge is 0.304 e. The normalized spacial score (nSPS) is 10.8. The second-order valence-corrected chi connectivity index (χ2v) is 18.2. The standard InChI is InChI=1S/C66H48N5.Ir/c1-44-8-31-64(69-41-44)53-23-15-47(16-24-53)11-13-50-34-51(14-12-48-17-25-54(26-18-48)65-32-9-45(2)42-70-65)36-57(35-50)59-6-4-5-7-61(59)62-30-28-56(66-33-10-46(3)43-71-66)38-63(62)60-29-27-55(37-58(60)40-68)52-21-19-49(39-67)20-22-52;/h4-10,15-23,25,27,29-38,41-43H,11-14H2,1-3H3;/q-3;+3. The Morgan fingerprint density at radius 1 is 0.389 bits per heavy atom. The third-order valence-electron chi connectivity index (χ3n) is 13.0. The van der Waals surface area contributed by atoms with Crippen LogP contribution in [0.5, 0.6) is 0 Å². The first-order valence-corrected chi connectivity index (χ1v) is 23.9. The van der Waals surface area contributed by atoms with E-state index in [1.807, 2.05) is 81.8 Å². The van der Waals surface area contributed by atoms with Crippen LogP contribution < -0.4 is 0 Å². The van der Waals surface area contributed by atoms with Crippen LogP contribution in [0.3, 0.4) is 0 Å². The van der Waals surface area contributed by atoms with Crippen molar-refractivity contribution in [3.05, 3.63) is 257 Å². The molecule has 0 bridgehead atoms. The summed E-state index contributed by atoms with van der Waals surface area (Å²) in [5.74, 6) is 0. The third kappa shape index (κ3) is 11.1. The fourth-order valence-electron chi connectivity index (χ4n) is 9.05. The van der Waals surface area contributed by atoms with Crippen molar-refractivity contribution < 1.29 is 20.1 Å². The molecule has 0 spiro atoms. The molecule has 0 amide bonds. The second kappa shape index (κ2) is 22.1. The van der Waals surface area contributed by atoms with Gasteiger partial charge in [0.2, 0.25) is 0 Å². The predicted octanol–water partition coefficient (Wildman–Crippen LogP) is 15.2. The zero-order valence-electron chi connectivity index (χ0n) is 40.3. The van der Waals surface area contributed by atoms with Crippen molar-refractivity contribution in [2.45, 2.75) is 46.5 Å². The summed E-state index contributed by atoms with van der Waals surface area (Å²) in [7, 11) is 0. The second-order valence-electron chi connectivity index (χ2n) is 18.2. The first-order chi connectivity index (χ1) is 34.8. The molecule has 0 aliphatic rings. The summed E-state index contributed by atoms with van der Waals surface area (Å²) < 4.78 is 0. The summed E-state index contributed by atoms with van der Waals surface area (Å²) >= 11 is 0. The summed E-state index contributed by atoms with van der Waals surface area (Å²) in [4.78, 5) is 14.0. The topological polar surface area (TPSA) is 86.2 Å². The van der Waals surface area contributed by atoms with E-state index in [-0.39, 0.29) is 20.1 Å². The number of nitriles is 2.